The molecule has 4 rings (SSSR count). The van der Waals surface area contributed by atoms with Crippen LogP contribution < -0.4 is 29.6 Å². The summed E-state index contributed by atoms with van der Waals surface area (Å²) in [5.41, 5.74) is 1.91. The molecule has 32 heavy (non-hydrogen) atoms. The first-order valence-corrected chi connectivity index (χ1v) is 10.5. The van der Waals surface area contributed by atoms with E-state index in [9.17, 15) is 18.1 Å². The summed E-state index contributed by atoms with van der Waals surface area (Å²) < 4.78 is 32.8. The van der Waals surface area contributed by atoms with Crippen LogP contribution >= 0.6 is 0 Å². The first kappa shape index (κ1) is 23.7. The van der Waals surface area contributed by atoms with Gasteiger partial charge in [0.15, 0.2) is 0 Å². The number of benzene rings is 4. The zero-order valence-electron chi connectivity index (χ0n) is 17.0. The van der Waals surface area contributed by atoms with Gasteiger partial charge in [-0.15, -0.1) is 5.11 Å². The van der Waals surface area contributed by atoms with E-state index in [1.807, 2.05) is 30.3 Å². The molecule has 1 N–H and O–H groups in total. The monoisotopic (exact) mass is 454 g/mol. The molecule has 10 heteroatoms. The maximum Gasteiger partial charge on any atom is 1.00 e. The number of phenolic OH excluding ortho intramolecular Hbond substituents is 1. The zero-order chi connectivity index (χ0) is 21.8. The quantitative estimate of drug-likeness (QED) is 0.282. The van der Waals surface area contributed by atoms with E-state index in [1.165, 1.54) is 24.3 Å². The van der Waals surface area contributed by atoms with Gasteiger partial charge in [0.1, 0.15) is 21.6 Å². The Kier molecular flexibility index (Phi) is 7.49. The summed E-state index contributed by atoms with van der Waals surface area (Å²) in [5, 5.41) is 28.4. The van der Waals surface area contributed by atoms with Crippen LogP contribution in [0, 0.1) is 0 Å². The van der Waals surface area contributed by atoms with Crippen LogP contribution in [0.2, 0.25) is 0 Å². The smallest absolute Gasteiger partial charge is 0.744 e. The van der Waals surface area contributed by atoms with Crippen molar-refractivity contribution in [3.05, 3.63) is 84.9 Å². The van der Waals surface area contributed by atoms with E-state index in [-0.39, 0.29) is 40.2 Å². The van der Waals surface area contributed by atoms with E-state index in [0.717, 1.165) is 10.8 Å². The van der Waals surface area contributed by atoms with Crippen LogP contribution in [0.3, 0.4) is 0 Å². The molecule has 0 aliphatic heterocycles. The summed E-state index contributed by atoms with van der Waals surface area (Å²) in [6, 6.07) is 22.9. The molecule has 8 nitrogen and oxygen atoms in total. The molecule has 154 valence electrons. The second-order valence-corrected chi connectivity index (χ2v) is 7.90. The van der Waals surface area contributed by atoms with Gasteiger partial charge in [-0.2, -0.15) is 15.3 Å². The van der Waals surface area contributed by atoms with Gasteiger partial charge >= 0.3 is 29.6 Å². The van der Waals surface area contributed by atoms with Crippen LogP contribution in [-0.4, -0.2) is 18.1 Å². The van der Waals surface area contributed by atoms with Crippen LogP contribution in [0.5, 0.6) is 5.75 Å². The predicted octanol–water partition coefficient (Wildman–Crippen LogP) is 3.28. The Labute approximate surface area is 206 Å². The van der Waals surface area contributed by atoms with Gasteiger partial charge in [0.25, 0.3) is 0 Å². The molecule has 4 aromatic carbocycles. The average molecular weight is 454 g/mol. The Hall–Kier alpha value is -2.95. The molecule has 0 bridgehead atoms. The van der Waals surface area contributed by atoms with Crippen molar-refractivity contribution in [3.63, 3.8) is 0 Å². The third kappa shape index (κ3) is 5.64. The van der Waals surface area contributed by atoms with E-state index >= 15 is 0 Å². The second kappa shape index (κ2) is 10.1. The molecule has 0 atom stereocenters. The first-order chi connectivity index (χ1) is 14.9. The van der Waals surface area contributed by atoms with Crippen molar-refractivity contribution < 1.29 is 47.6 Å². The second-order valence-electron chi connectivity index (χ2n) is 6.52. The number of nitrogens with zero attached hydrogens (tertiary/aromatic N) is 4. The van der Waals surface area contributed by atoms with Crippen LogP contribution in [0.1, 0.15) is 0 Å². The minimum atomic E-state index is -4.49. The Morgan fingerprint density at radius 2 is 1.16 bits per heavy atom. The summed E-state index contributed by atoms with van der Waals surface area (Å²) in [4.78, 5) is -0.321. The van der Waals surface area contributed by atoms with E-state index in [2.05, 4.69) is 20.5 Å². The van der Waals surface area contributed by atoms with Gasteiger partial charge in [-0.25, -0.2) is 8.42 Å². The van der Waals surface area contributed by atoms with Gasteiger partial charge in [0, 0.05) is 5.39 Å². The molecule has 0 saturated heterocycles. The zero-order valence-corrected chi connectivity index (χ0v) is 19.8. The molecule has 0 aliphatic rings. The Morgan fingerprint density at radius 1 is 0.656 bits per heavy atom. The molecule has 0 spiro atoms. The van der Waals surface area contributed by atoms with Crippen LogP contribution in [-0.2, 0) is 10.1 Å². The molecule has 0 amide bonds. The normalized spacial score (nSPS) is 11.8. The maximum atomic E-state index is 10.9. The summed E-state index contributed by atoms with van der Waals surface area (Å²) in [7, 11) is -4.49. The van der Waals surface area contributed by atoms with Crippen LogP contribution in [0.25, 0.3) is 10.8 Å². The predicted molar refractivity (Wildman–Crippen MR) is 115 cm³/mol. The fourth-order valence-corrected chi connectivity index (χ4v) is 3.31. The molecular formula is C22H15N4NaO4S. The molecule has 0 unspecified atom stereocenters. The summed E-state index contributed by atoms with van der Waals surface area (Å²) in [5.74, 6) is 0.0451. The molecule has 0 radical (unpaired) electrons. The summed E-state index contributed by atoms with van der Waals surface area (Å²) >= 11 is 0. The third-order valence-corrected chi connectivity index (χ3v) is 5.25. The SMILES string of the molecule is O=S(=O)([O-])c1ccc(N=Nc2ccc(N=Nc3c(O)ccc4ccccc34)cc2)cc1.[Na+]. The van der Waals surface area contributed by atoms with Gasteiger partial charge in [0.2, 0.25) is 0 Å². The van der Waals surface area contributed by atoms with Crippen molar-refractivity contribution in [3.8, 4) is 5.75 Å². The van der Waals surface area contributed by atoms with Gasteiger partial charge < -0.3 is 9.66 Å². The van der Waals surface area contributed by atoms with Crippen molar-refractivity contribution in [2.45, 2.75) is 4.90 Å². The van der Waals surface area contributed by atoms with Crippen molar-refractivity contribution in [1.29, 1.82) is 0 Å². The average Bonchev–Trinajstić information content (AvgIpc) is 2.77. The van der Waals surface area contributed by atoms with Gasteiger partial charge in [-0.05, 0) is 60.0 Å². The Balaban J connectivity index is 0.00000289. The van der Waals surface area contributed by atoms with Crippen LogP contribution in [0.4, 0.5) is 22.7 Å². The fraction of sp³-hybridized carbons (Fsp3) is 0. The number of phenols is 1. The number of hydrogen-bond acceptors (Lipinski definition) is 8. The molecule has 0 aliphatic carbocycles. The Bertz CT molecular complexity index is 1400. The van der Waals surface area contributed by atoms with Crippen molar-refractivity contribution in [2.75, 3.05) is 0 Å². The molecule has 4 aromatic rings. The molecule has 0 fully saturated rings. The Morgan fingerprint density at radius 3 is 1.72 bits per heavy atom. The van der Waals surface area contributed by atoms with E-state index in [4.69, 9.17) is 0 Å². The van der Waals surface area contributed by atoms with E-state index < -0.39 is 10.1 Å². The summed E-state index contributed by atoms with van der Waals surface area (Å²) in [6.45, 7) is 0. The van der Waals surface area contributed by atoms with Crippen molar-refractivity contribution >= 4 is 43.6 Å². The molecular weight excluding hydrogens is 439 g/mol. The van der Waals surface area contributed by atoms with Gasteiger partial charge in [-0.3, -0.25) is 0 Å². The van der Waals surface area contributed by atoms with Gasteiger partial charge in [-0.1, -0.05) is 30.3 Å². The third-order valence-electron chi connectivity index (χ3n) is 4.40. The van der Waals surface area contributed by atoms with Crippen LogP contribution in [0.15, 0.2) is 110 Å². The number of aromatic hydroxyl groups is 1. The van der Waals surface area contributed by atoms with E-state index in [1.54, 1.807) is 30.3 Å². The number of azo groups is 2. The molecule has 0 heterocycles. The topological polar surface area (TPSA) is 127 Å². The van der Waals surface area contributed by atoms with Gasteiger partial charge in [0.05, 0.1) is 22.0 Å². The van der Waals surface area contributed by atoms with Crippen molar-refractivity contribution in [2.24, 2.45) is 20.5 Å². The number of hydrogen-bond donors (Lipinski definition) is 1. The first-order valence-electron chi connectivity index (χ1n) is 9.10. The number of fused-ring (bicyclic) bond motifs is 1. The largest absolute Gasteiger partial charge is 1.00 e. The standard InChI is InChI=1S/C22H16N4O4S.Na/c27-21-14-5-15-3-1-2-4-20(15)22(21)26-25-17-8-6-16(7-9-17)23-24-18-10-12-19(13-11-18)31(28,29)30;/h1-14,27H,(H,28,29,30);/q;+1/p-1. The van der Waals surface area contributed by atoms with E-state index in [0.29, 0.717) is 22.7 Å². The minimum absolute atomic E-state index is 0. The molecule has 0 saturated carbocycles. The molecule has 0 aromatic heterocycles. The fourth-order valence-electron chi connectivity index (χ4n) is 2.84. The maximum absolute atomic E-state index is 10.9. The summed E-state index contributed by atoms with van der Waals surface area (Å²) in [6.07, 6.45) is 0. The van der Waals surface area contributed by atoms with Crippen molar-refractivity contribution in [1.82, 2.24) is 0 Å². The minimum Gasteiger partial charge on any atom is -0.744 e. The number of rotatable bonds is 5.